The van der Waals surface area contributed by atoms with Gasteiger partial charge in [0.15, 0.2) is 0 Å². The van der Waals surface area contributed by atoms with Crippen LogP contribution in [0.25, 0.3) is 0 Å². The van der Waals surface area contributed by atoms with E-state index in [1.807, 2.05) is 6.92 Å². The van der Waals surface area contributed by atoms with E-state index in [-0.39, 0.29) is 0 Å². The zero-order chi connectivity index (χ0) is 5.41. The van der Waals surface area contributed by atoms with E-state index in [1.54, 1.807) is 6.07 Å². The van der Waals surface area contributed by atoms with E-state index >= 15 is 0 Å². The van der Waals surface area contributed by atoms with Crippen LogP contribution in [0.4, 0.5) is 0 Å². The molecule has 2 nitrogen and oxygen atoms in total. The van der Waals surface area contributed by atoms with Gasteiger partial charge in [-0.1, -0.05) is 6.92 Å². The van der Waals surface area contributed by atoms with E-state index < -0.39 is 0 Å². The van der Waals surface area contributed by atoms with Crippen molar-refractivity contribution in [3.8, 4) is 6.07 Å². The van der Waals surface area contributed by atoms with Crippen LogP contribution >= 0.6 is 0 Å². The molecule has 0 spiro atoms. The van der Waals surface area contributed by atoms with Crippen LogP contribution in [0.1, 0.15) is 13.8 Å². The van der Waals surface area contributed by atoms with Crippen LogP contribution in [-0.4, -0.2) is 6.54 Å². The van der Waals surface area contributed by atoms with Crippen LogP contribution < -0.4 is 5.73 Å². The highest BCUT2D eigenvalue weighted by molar-refractivity contribution is 4.51. The first-order valence-electron chi connectivity index (χ1n) is 1.84. The molecule has 0 aromatic rings. The standard InChI is InChI=1S/C2H7N.C2H3N/c2*1-2-3/h2-3H2,1H3;1H3. The lowest BCUT2D eigenvalue weighted by atomic mass is 10.8. The average Bonchev–Trinajstić information content (AvgIpc) is 1.39. The van der Waals surface area contributed by atoms with Crippen LogP contribution in [0.3, 0.4) is 0 Å². The summed E-state index contributed by atoms with van der Waals surface area (Å²) in [5, 5.41) is 7.32. The van der Waals surface area contributed by atoms with Gasteiger partial charge in [-0.25, -0.2) is 0 Å². The van der Waals surface area contributed by atoms with Gasteiger partial charge in [-0.2, -0.15) is 5.26 Å². The number of nitrogens with two attached hydrogens (primary N) is 1. The third-order valence-electron chi connectivity index (χ3n) is 0. The van der Waals surface area contributed by atoms with Crippen molar-refractivity contribution in [2.45, 2.75) is 13.8 Å². The maximum atomic E-state index is 7.32. The van der Waals surface area contributed by atoms with E-state index in [1.165, 1.54) is 6.92 Å². The lowest BCUT2D eigenvalue weighted by Gasteiger charge is -1.53. The lowest BCUT2D eigenvalue weighted by Crippen LogP contribution is -1.87. The number of rotatable bonds is 0. The fourth-order valence-corrected chi connectivity index (χ4v) is 0. The maximum Gasteiger partial charge on any atom is 0.0587 e. The summed E-state index contributed by atoms with van der Waals surface area (Å²) in [6.07, 6.45) is 0. The highest BCUT2D eigenvalue weighted by atomic mass is 14.5. The summed E-state index contributed by atoms with van der Waals surface area (Å²) in [5.41, 5.74) is 4.85. The van der Waals surface area contributed by atoms with Gasteiger partial charge in [0.2, 0.25) is 0 Å². The monoisotopic (exact) mass is 86.1 g/mol. The normalized spacial score (nSPS) is 4.33. The maximum absolute atomic E-state index is 7.32. The van der Waals surface area contributed by atoms with Gasteiger partial charge in [0, 0.05) is 6.92 Å². The van der Waals surface area contributed by atoms with E-state index in [4.69, 9.17) is 11.0 Å². The second kappa shape index (κ2) is 25.2. The smallest absolute Gasteiger partial charge is 0.0587 e. The van der Waals surface area contributed by atoms with Crippen molar-refractivity contribution < 1.29 is 0 Å². The van der Waals surface area contributed by atoms with Gasteiger partial charge in [-0.05, 0) is 6.54 Å². The van der Waals surface area contributed by atoms with Crippen LogP contribution in [0.15, 0.2) is 0 Å². The van der Waals surface area contributed by atoms with Gasteiger partial charge < -0.3 is 5.73 Å². The Kier molecular flexibility index (Phi) is 38.1. The molecule has 0 aromatic heterocycles. The van der Waals surface area contributed by atoms with Crippen molar-refractivity contribution in [3.63, 3.8) is 0 Å². The zero-order valence-electron chi connectivity index (χ0n) is 4.23. The molecule has 0 radical (unpaired) electrons. The van der Waals surface area contributed by atoms with E-state index in [9.17, 15) is 0 Å². The van der Waals surface area contributed by atoms with Crippen molar-refractivity contribution in [2.24, 2.45) is 5.73 Å². The van der Waals surface area contributed by atoms with Crippen molar-refractivity contribution in [1.82, 2.24) is 0 Å². The van der Waals surface area contributed by atoms with Gasteiger partial charge in [0.05, 0.1) is 6.07 Å². The quantitative estimate of drug-likeness (QED) is 0.466. The first-order valence-corrected chi connectivity index (χ1v) is 1.84. The summed E-state index contributed by atoms with van der Waals surface area (Å²) in [6.45, 7) is 4.08. The van der Waals surface area contributed by atoms with Gasteiger partial charge in [-0.3, -0.25) is 0 Å². The Morgan fingerprint density at radius 1 is 1.83 bits per heavy atom. The molecule has 0 aliphatic rings. The summed E-state index contributed by atoms with van der Waals surface area (Å²) in [4.78, 5) is 0. The third-order valence-corrected chi connectivity index (χ3v) is 0. The van der Waals surface area contributed by atoms with E-state index in [2.05, 4.69) is 0 Å². The molecule has 0 amide bonds. The van der Waals surface area contributed by atoms with Crippen molar-refractivity contribution in [2.75, 3.05) is 6.54 Å². The highest BCUT2D eigenvalue weighted by Crippen LogP contribution is 1.22. The summed E-state index contributed by atoms with van der Waals surface area (Å²) in [6, 6.07) is 1.75. The molecular weight excluding hydrogens is 76.1 g/mol. The second-order valence-electron chi connectivity index (χ2n) is 0.632. The minimum Gasteiger partial charge on any atom is -0.331 e. The van der Waals surface area contributed by atoms with Gasteiger partial charge in [0.1, 0.15) is 0 Å². The van der Waals surface area contributed by atoms with Crippen molar-refractivity contribution >= 4 is 0 Å². The molecule has 0 aliphatic carbocycles. The first-order chi connectivity index (χ1) is 2.83. The molecule has 0 rings (SSSR count). The Balaban J connectivity index is 0. The molecule has 0 atom stereocenters. The highest BCUT2D eigenvalue weighted by Gasteiger charge is 1.32. The SMILES string of the molecule is CC#N.CCN. The number of nitriles is 1. The summed E-state index contributed by atoms with van der Waals surface area (Å²) in [7, 11) is 0. The van der Waals surface area contributed by atoms with Gasteiger partial charge >= 0.3 is 0 Å². The largest absolute Gasteiger partial charge is 0.331 e. The minimum atomic E-state index is 0.750. The summed E-state index contributed by atoms with van der Waals surface area (Å²) >= 11 is 0. The fourth-order valence-electron chi connectivity index (χ4n) is 0. The number of nitrogens with zero attached hydrogens (tertiary/aromatic N) is 1. The minimum absolute atomic E-state index is 0.750. The Morgan fingerprint density at radius 2 is 1.83 bits per heavy atom. The molecular formula is C4H10N2. The Bertz CT molecular complexity index is 35.3. The second-order valence-corrected chi connectivity index (χ2v) is 0.632. The Morgan fingerprint density at radius 3 is 1.83 bits per heavy atom. The predicted octanol–water partition coefficient (Wildman–Crippen LogP) is 0.495. The molecule has 0 heterocycles. The molecule has 0 aliphatic heterocycles. The van der Waals surface area contributed by atoms with Crippen LogP contribution in [0.2, 0.25) is 0 Å². The summed E-state index contributed by atoms with van der Waals surface area (Å²) < 4.78 is 0. The molecule has 6 heavy (non-hydrogen) atoms. The molecule has 0 fully saturated rings. The molecule has 2 heteroatoms. The topological polar surface area (TPSA) is 49.8 Å². The molecule has 0 saturated heterocycles. The molecule has 2 N–H and O–H groups in total. The third kappa shape index (κ3) is 68.5. The first kappa shape index (κ1) is 9.07. The Labute approximate surface area is 38.6 Å². The lowest BCUT2D eigenvalue weighted by molar-refractivity contribution is 1.14. The van der Waals surface area contributed by atoms with Crippen LogP contribution in [-0.2, 0) is 0 Å². The molecule has 0 saturated carbocycles. The Hall–Kier alpha value is -0.550. The zero-order valence-corrected chi connectivity index (χ0v) is 4.23. The predicted molar refractivity (Wildman–Crippen MR) is 26.0 cm³/mol. The molecule has 36 valence electrons. The van der Waals surface area contributed by atoms with Gasteiger partial charge in [-0.15, -0.1) is 0 Å². The van der Waals surface area contributed by atoms with Crippen molar-refractivity contribution in [3.05, 3.63) is 0 Å². The molecule has 0 unspecified atom stereocenters. The summed E-state index contributed by atoms with van der Waals surface area (Å²) in [5.74, 6) is 0. The fraction of sp³-hybridized carbons (Fsp3) is 0.750. The number of hydrogen-bond donors (Lipinski definition) is 1. The van der Waals surface area contributed by atoms with Crippen LogP contribution in [0.5, 0.6) is 0 Å². The van der Waals surface area contributed by atoms with E-state index in [0.29, 0.717) is 0 Å². The van der Waals surface area contributed by atoms with Crippen LogP contribution in [0, 0.1) is 11.3 Å². The van der Waals surface area contributed by atoms with Gasteiger partial charge in [0.25, 0.3) is 0 Å². The average molecular weight is 86.1 g/mol. The van der Waals surface area contributed by atoms with E-state index in [0.717, 1.165) is 6.54 Å². The molecule has 0 bridgehead atoms. The van der Waals surface area contributed by atoms with Crippen molar-refractivity contribution in [1.29, 1.82) is 5.26 Å². The number of hydrogen-bond acceptors (Lipinski definition) is 2. The molecule has 0 aromatic carbocycles.